The number of aliphatic hydroxyl groups is 1. The highest BCUT2D eigenvalue weighted by Crippen LogP contribution is 2.11. The zero-order valence-electron chi connectivity index (χ0n) is 12.1. The summed E-state index contributed by atoms with van der Waals surface area (Å²) in [5, 5.41) is 10.1. The number of piperidine rings is 1. The molecule has 1 fully saturated rings. The van der Waals surface area contributed by atoms with Crippen LogP contribution in [0.25, 0.3) is 0 Å². The molecule has 1 saturated heterocycles. The number of rotatable bonds is 5. The lowest BCUT2D eigenvalue weighted by Crippen LogP contribution is -3.14. The van der Waals surface area contributed by atoms with E-state index in [9.17, 15) is 5.11 Å². The van der Waals surface area contributed by atoms with Crippen molar-refractivity contribution in [2.24, 2.45) is 5.92 Å². The van der Waals surface area contributed by atoms with Gasteiger partial charge in [0.15, 0.2) is 0 Å². The molecule has 106 valence electrons. The van der Waals surface area contributed by atoms with Gasteiger partial charge in [-0.15, -0.1) is 0 Å². The van der Waals surface area contributed by atoms with E-state index >= 15 is 0 Å². The smallest absolute Gasteiger partial charge is 0.137 e. The summed E-state index contributed by atoms with van der Waals surface area (Å²) >= 11 is 0. The number of hydrogen-bond donors (Lipinski definition) is 2. The van der Waals surface area contributed by atoms with E-state index in [1.165, 1.54) is 36.4 Å². The number of aryl methyl sites for hydroxylation is 1. The summed E-state index contributed by atoms with van der Waals surface area (Å²) < 4.78 is 5.63. The average Bonchev–Trinajstić information content (AvgIpc) is 2.38. The number of quaternary nitrogens is 1. The van der Waals surface area contributed by atoms with Gasteiger partial charge in [0.25, 0.3) is 0 Å². The number of nitrogens with one attached hydrogen (secondary N) is 1. The van der Waals surface area contributed by atoms with Crippen LogP contribution in [0.15, 0.2) is 24.3 Å². The first kappa shape index (κ1) is 14.4. The Morgan fingerprint density at radius 2 is 2.11 bits per heavy atom. The van der Waals surface area contributed by atoms with Gasteiger partial charge in [-0.25, -0.2) is 0 Å². The fourth-order valence-corrected chi connectivity index (χ4v) is 2.80. The number of ether oxygens (including phenoxy) is 1. The van der Waals surface area contributed by atoms with E-state index in [1.54, 1.807) is 0 Å². The maximum atomic E-state index is 10.1. The van der Waals surface area contributed by atoms with E-state index < -0.39 is 0 Å². The summed E-state index contributed by atoms with van der Waals surface area (Å²) in [7, 11) is 0. The highest BCUT2D eigenvalue weighted by Gasteiger charge is 2.22. The fourth-order valence-electron chi connectivity index (χ4n) is 2.80. The van der Waals surface area contributed by atoms with Gasteiger partial charge in [0, 0.05) is 5.92 Å². The Hall–Kier alpha value is -1.06. The van der Waals surface area contributed by atoms with Gasteiger partial charge >= 0.3 is 0 Å². The van der Waals surface area contributed by atoms with Gasteiger partial charge in [0.05, 0.1) is 13.1 Å². The average molecular weight is 264 g/mol. The molecule has 0 aromatic heterocycles. The van der Waals surface area contributed by atoms with Crippen LogP contribution in [-0.4, -0.2) is 37.5 Å². The molecule has 0 amide bonds. The van der Waals surface area contributed by atoms with Crippen molar-refractivity contribution >= 4 is 0 Å². The van der Waals surface area contributed by atoms with Gasteiger partial charge in [-0.2, -0.15) is 0 Å². The van der Waals surface area contributed by atoms with Crippen LogP contribution in [-0.2, 0) is 0 Å². The molecule has 1 aliphatic rings. The van der Waals surface area contributed by atoms with Gasteiger partial charge in [0.1, 0.15) is 25.0 Å². The molecule has 0 radical (unpaired) electrons. The third-order valence-corrected chi connectivity index (χ3v) is 3.85. The van der Waals surface area contributed by atoms with Crippen LogP contribution in [0.4, 0.5) is 0 Å². The first-order valence-electron chi connectivity index (χ1n) is 7.34. The van der Waals surface area contributed by atoms with Crippen LogP contribution in [0.5, 0.6) is 5.75 Å². The fraction of sp³-hybridized carbons (Fsp3) is 0.625. The molecular weight excluding hydrogens is 238 g/mol. The summed E-state index contributed by atoms with van der Waals surface area (Å²) in [6, 6.07) is 7.97. The standard InChI is InChI=1S/C16H25NO2/c1-13-5-7-16(8-6-13)19-12-15(18)11-17-9-3-4-14(2)10-17/h5-8,14-15,18H,3-4,9-12H2,1-2H3/p+1/t14-,15+/m0/s1. The number of likely N-dealkylation sites (tertiary alicyclic amines) is 1. The minimum Gasteiger partial charge on any atom is -0.491 e. The van der Waals surface area contributed by atoms with E-state index in [1.807, 2.05) is 24.3 Å². The predicted molar refractivity (Wildman–Crippen MR) is 76.6 cm³/mol. The molecule has 3 heteroatoms. The molecule has 1 unspecified atom stereocenters. The zero-order valence-corrected chi connectivity index (χ0v) is 12.1. The minimum atomic E-state index is -0.374. The molecule has 0 saturated carbocycles. The second-order valence-corrected chi connectivity index (χ2v) is 5.93. The lowest BCUT2D eigenvalue weighted by atomic mass is 10.0. The summed E-state index contributed by atoms with van der Waals surface area (Å²) in [6.07, 6.45) is 2.24. The molecule has 2 rings (SSSR count). The summed E-state index contributed by atoms with van der Waals surface area (Å²) in [6.45, 7) is 7.92. The topological polar surface area (TPSA) is 33.9 Å². The van der Waals surface area contributed by atoms with Crippen molar-refractivity contribution in [2.45, 2.75) is 32.8 Å². The second-order valence-electron chi connectivity index (χ2n) is 5.93. The molecule has 0 aliphatic carbocycles. The van der Waals surface area contributed by atoms with E-state index in [-0.39, 0.29) is 6.10 Å². The van der Waals surface area contributed by atoms with Gasteiger partial charge in [-0.3, -0.25) is 0 Å². The Bertz CT molecular complexity index is 377. The van der Waals surface area contributed by atoms with Crippen LogP contribution in [0.2, 0.25) is 0 Å². The van der Waals surface area contributed by atoms with Crippen LogP contribution in [0, 0.1) is 12.8 Å². The zero-order chi connectivity index (χ0) is 13.7. The molecule has 1 aliphatic heterocycles. The molecule has 0 bridgehead atoms. The van der Waals surface area contributed by atoms with Crippen molar-refractivity contribution in [3.05, 3.63) is 29.8 Å². The van der Waals surface area contributed by atoms with Crippen molar-refractivity contribution in [2.75, 3.05) is 26.2 Å². The van der Waals surface area contributed by atoms with Crippen molar-refractivity contribution in [1.82, 2.24) is 0 Å². The summed E-state index contributed by atoms with van der Waals surface area (Å²) in [5.74, 6) is 1.63. The lowest BCUT2D eigenvalue weighted by molar-refractivity contribution is -0.911. The molecule has 3 nitrogen and oxygen atoms in total. The Morgan fingerprint density at radius 3 is 2.79 bits per heavy atom. The Morgan fingerprint density at radius 1 is 1.37 bits per heavy atom. The van der Waals surface area contributed by atoms with Crippen LogP contribution < -0.4 is 9.64 Å². The van der Waals surface area contributed by atoms with Crippen molar-refractivity contribution in [3.63, 3.8) is 0 Å². The molecule has 3 atom stereocenters. The number of aliphatic hydroxyl groups excluding tert-OH is 1. The van der Waals surface area contributed by atoms with E-state index in [0.717, 1.165) is 18.2 Å². The molecule has 1 heterocycles. The minimum absolute atomic E-state index is 0.374. The quantitative estimate of drug-likeness (QED) is 0.833. The molecule has 19 heavy (non-hydrogen) atoms. The van der Waals surface area contributed by atoms with Gasteiger partial charge < -0.3 is 14.7 Å². The third kappa shape index (κ3) is 4.84. The first-order chi connectivity index (χ1) is 9.13. The first-order valence-corrected chi connectivity index (χ1v) is 7.34. The molecule has 0 spiro atoms. The van der Waals surface area contributed by atoms with Gasteiger partial charge in [-0.05, 0) is 31.9 Å². The monoisotopic (exact) mass is 264 g/mol. The highest BCUT2D eigenvalue weighted by atomic mass is 16.5. The Labute approximate surface area is 116 Å². The van der Waals surface area contributed by atoms with Crippen molar-refractivity contribution < 1.29 is 14.7 Å². The highest BCUT2D eigenvalue weighted by molar-refractivity contribution is 5.26. The summed E-state index contributed by atoms with van der Waals surface area (Å²) in [5.41, 5.74) is 1.22. The van der Waals surface area contributed by atoms with Gasteiger partial charge in [-0.1, -0.05) is 24.6 Å². The van der Waals surface area contributed by atoms with Gasteiger partial charge in [0.2, 0.25) is 0 Å². The van der Waals surface area contributed by atoms with Crippen LogP contribution >= 0.6 is 0 Å². The van der Waals surface area contributed by atoms with E-state index in [2.05, 4.69) is 13.8 Å². The number of hydrogen-bond acceptors (Lipinski definition) is 2. The van der Waals surface area contributed by atoms with Crippen molar-refractivity contribution in [3.8, 4) is 5.75 Å². The summed E-state index contributed by atoms with van der Waals surface area (Å²) in [4.78, 5) is 1.51. The SMILES string of the molecule is Cc1ccc(OC[C@H](O)C[NH+]2CCC[C@H](C)C2)cc1. The Kier molecular flexibility index (Phi) is 5.23. The maximum Gasteiger partial charge on any atom is 0.137 e. The predicted octanol–water partition coefficient (Wildman–Crippen LogP) is 1.05. The molecule has 1 aromatic carbocycles. The lowest BCUT2D eigenvalue weighted by Gasteiger charge is -2.29. The van der Waals surface area contributed by atoms with Crippen LogP contribution in [0.1, 0.15) is 25.3 Å². The van der Waals surface area contributed by atoms with E-state index in [0.29, 0.717) is 6.61 Å². The third-order valence-electron chi connectivity index (χ3n) is 3.85. The Balaban J connectivity index is 1.72. The largest absolute Gasteiger partial charge is 0.491 e. The second kappa shape index (κ2) is 6.92. The van der Waals surface area contributed by atoms with Crippen molar-refractivity contribution in [1.29, 1.82) is 0 Å². The molecule has 2 N–H and O–H groups in total. The molecule has 1 aromatic rings. The normalized spacial score (nSPS) is 25.0. The van der Waals surface area contributed by atoms with Crippen LogP contribution in [0.3, 0.4) is 0 Å². The maximum absolute atomic E-state index is 10.1. The molecular formula is C16H26NO2+. The van der Waals surface area contributed by atoms with E-state index in [4.69, 9.17) is 4.74 Å². The number of benzene rings is 1.